The number of rotatable bonds is 2. The molecule has 2 rings (SSSR count). The normalized spacial score (nSPS) is 10.2. The van der Waals surface area contributed by atoms with Crippen LogP contribution in [0.4, 0.5) is 11.4 Å². The highest BCUT2D eigenvalue weighted by Gasteiger charge is 2.15. The molecule has 0 aliphatic carbocycles. The second-order valence-corrected chi connectivity index (χ2v) is 3.10. The Morgan fingerprint density at radius 2 is 1.75 bits per heavy atom. The summed E-state index contributed by atoms with van der Waals surface area (Å²) in [6, 6.07) is 9.64. The van der Waals surface area contributed by atoms with E-state index >= 15 is 0 Å². The number of fused-ring (bicyclic) bond motifs is 1. The summed E-state index contributed by atoms with van der Waals surface area (Å²) < 4.78 is 0. The zero-order valence-electron chi connectivity index (χ0n) is 7.91. The highest BCUT2D eigenvalue weighted by Crippen LogP contribution is 2.27. The van der Waals surface area contributed by atoms with Crippen molar-refractivity contribution in [2.24, 2.45) is 0 Å². The summed E-state index contributed by atoms with van der Waals surface area (Å²) in [5, 5.41) is 22.0. The lowest BCUT2D eigenvalue weighted by Crippen LogP contribution is -1.92. The van der Waals surface area contributed by atoms with Crippen molar-refractivity contribution in [3.63, 3.8) is 0 Å². The van der Waals surface area contributed by atoms with Crippen molar-refractivity contribution in [1.82, 2.24) is 0 Å². The Labute approximate surface area is 89.4 Å². The van der Waals surface area contributed by atoms with Crippen LogP contribution in [0.1, 0.15) is 0 Å². The molecule has 0 aromatic heterocycles. The molecular weight excluding hydrogens is 212 g/mol. The van der Waals surface area contributed by atoms with Gasteiger partial charge in [-0.1, -0.05) is 12.1 Å². The molecule has 6 nitrogen and oxygen atoms in total. The summed E-state index contributed by atoms with van der Waals surface area (Å²) in [7, 11) is 0. The molecule has 0 saturated heterocycles. The molecule has 0 aliphatic heterocycles. The van der Waals surface area contributed by atoms with Crippen LogP contribution in [0.15, 0.2) is 30.3 Å². The van der Waals surface area contributed by atoms with Crippen LogP contribution in [0.3, 0.4) is 0 Å². The lowest BCUT2D eigenvalue weighted by atomic mass is 10.1. The Balaban J connectivity index is 2.78. The molecule has 0 saturated carbocycles. The van der Waals surface area contributed by atoms with Crippen LogP contribution >= 0.6 is 0 Å². The minimum atomic E-state index is -0.629. The minimum absolute atomic E-state index is 0.154. The van der Waals surface area contributed by atoms with Gasteiger partial charge in [0.1, 0.15) is 0 Å². The summed E-state index contributed by atoms with van der Waals surface area (Å²) in [6.07, 6.45) is 0. The number of hydrogen-bond acceptors (Lipinski definition) is 4. The van der Waals surface area contributed by atoms with Crippen LogP contribution in [-0.4, -0.2) is 9.85 Å². The molecule has 2 aromatic carbocycles. The van der Waals surface area contributed by atoms with Gasteiger partial charge in [0.25, 0.3) is 11.4 Å². The van der Waals surface area contributed by atoms with E-state index in [2.05, 4.69) is 6.07 Å². The standard InChI is InChI=1S/C10H5N2O4/c13-11(14)8-5-4-7-2-1-3-10(12(15)16)9(7)6-8/h1-5H. The lowest BCUT2D eigenvalue weighted by molar-refractivity contribution is -0.386. The number of nitro groups is 2. The van der Waals surface area contributed by atoms with Crippen molar-refractivity contribution in [1.29, 1.82) is 0 Å². The van der Waals surface area contributed by atoms with Crippen LogP contribution in [0.2, 0.25) is 0 Å². The Morgan fingerprint density at radius 1 is 1.00 bits per heavy atom. The summed E-state index contributed by atoms with van der Waals surface area (Å²) in [5.41, 5.74) is -0.456. The quantitative estimate of drug-likeness (QED) is 0.571. The van der Waals surface area contributed by atoms with Crippen molar-refractivity contribution in [2.75, 3.05) is 0 Å². The number of hydrogen-bond donors (Lipinski definition) is 0. The van der Waals surface area contributed by atoms with E-state index < -0.39 is 9.85 Å². The number of benzene rings is 2. The van der Waals surface area contributed by atoms with Crippen LogP contribution in [-0.2, 0) is 0 Å². The second kappa shape index (κ2) is 3.58. The number of nitro benzene ring substituents is 2. The molecule has 1 radical (unpaired) electrons. The van der Waals surface area contributed by atoms with E-state index in [0.29, 0.717) is 5.39 Å². The molecule has 0 atom stereocenters. The zero-order chi connectivity index (χ0) is 11.7. The average molecular weight is 217 g/mol. The van der Waals surface area contributed by atoms with E-state index in [1.165, 1.54) is 24.3 Å². The maximum Gasteiger partial charge on any atom is 0.278 e. The molecule has 0 fully saturated rings. The summed E-state index contributed by atoms with van der Waals surface area (Å²) in [4.78, 5) is 20.0. The van der Waals surface area contributed by atoms with Crippen molar-refractivity contribution in [3.8, 4) is 0 Å². The first-order valence-electron chi connectivity index (χ1n) is 4.33. The first kappa shape index (κ1) is 10.0. The molecule has 0 amide bonds. The number of nitrogens with zero attached hydrogens (tertiary/aromatic N) is 2. The van der Waals surface area contributed by atoms with Gasteiger partial charge in [0, 0.05) is 12.1 Å². The van der Waals surface area contributed by atoms with Gasteiger partial charge in [0.05, 0.1) is 21.3 Å². The molecule has 16 heavy (non-hydrogen) atoms. The molecule has 6 heteroatoms. The van der Waals surface area contributed by atoms with E-state index in [0.717, 1.165) is 0 Å². The summed E-state index contributed by atoms with van der Waals surface area (Å²) in [5.74, 6) is 0. The molecule has 2 aromatic rings. The fourth-order valence-electron chi connectivity index (χ4n) is 1.43. The predicted octanol–water partition coefficient (Wildman–Crippen LogP) is 2.46. The maximum absolute atomic E-state index is 10.7. The van der Waals surface area contributed by atoms with Gasteiger partial charge >= 0.3 is 0 Å². The SMILES string of the molecule is O=[N+]([O-])c1[c]c2c([N+](=O)[O-])cccc2cc1. The third-order valence-electron chi connectivity index (χ3n) is 2.14. The van der Waals surface area contributed by atoms with Crippen molar-refractivity contribution in [2.45, 2.75) is 0 Å². The van der Waals surface area contributed by atoms with E-state index in [1.807, 2.05) is 0 Å². The topological polar surface area (TPSA) is 86.3 Å². The third-order valence-corrected chi connectivity index (χ3v) is 2.14. The van der Waals surface area contributed by atoms with E-state index in [1.54, 1.807) is 6.07 Å². The average Bonchev–Trinajstić information content (AvgIpc) is 2.27. The Hall–Kier alpha value is -2.50. The molecule has 0 bridgehead atoms. The van der Waals surface area contributed by atoms with Gasteiger partial charge < -0.3 is 0 Å². The van der Waals surface area contributed by atoms with Gasteiger partial charge in [-0.15, -0.1) is 0 Å². The largest absolute Gasteiger partial charge is 0.278 e. The van der Waals surface area contributed by atoms with E-state index in [9.17, 15) is 20.2 Å². The van der Waals surface area contributed by atoms with Crippen LogP contribution < -0.4 is 0 Å². The molecular formula is C10H5N2O4. The molecule has 0 heterocycles. The van der Waals surface area contributed by atoms with Crippen LogP contribution in [0, 0.1) is 26.3 Å². The predicted molar refractivity (Wildman–Crippen MR) is 56.1 cm³/mol. The van der Waals surface area contributed by atoms with Gasteiger partial charge in [-0.25, -0.2) is 0 Å². The number of non-ortho nitro benzene ring substituents is 2. The van der Waals surface area contributed by atoms with Crippen LogP contribution in [0.5, 0.6) is 0 Å². The Bertz CT molecular complexity index is 594. The lowest BCUT2D eigenvalue weighted by Gasteiger charge is -1.98. The minimum Gasteiger partial charge on any atom is -0.258 e. The van der Waals surface area contributed by atoms with Gasteiger partial charge in [-0.2, -0.15) is 0 Å². The zero-order valence-corrected chi connectivity index (χ0v) is 7.91. The summed E-state index contributed by atoms with van der Waals surface area (Å²) >= 11 is 0. The van der Waals surface area contributed by atoms with Gasteiger partial charge in [-0.3, -0.25) is 20.2 Å². The maximum atomic E-state index is 10.7. The van der Waals surface area contributed by atoms with E-state index in [4.69, 9.17) is 0 Å². The Kier molecular flexibility index (Phi) is 2.24. The highest BCUT2D eigenvalue weighted by molar-refractivity contribution is 5.91. The second-order valence-electron chi connectivity index (χ2n) is 3.10. The third kappa shape index (κ3) is 1.56. The van der Waals surface area contributed by atoms with Gasteiger partial charge in [-0.05, 0) is 11.5 Å². The molecule has 0 unspecified atom stereocenters. The fourth-order valence-corrected chi connectivity index (χ4v) is 1.43. The molecule has 79 valence electrons. The first-order chi connectivity index (χ1) is 7.59. The molecule has 0 spiro atoms. The summed E-state index contributed by atoms with van der Waals surface area (Å²) in [6.45, 7) is 0. The van der Waals surface area contributed by atoms with Gasteiger partial charge in [0.15, 0.2) is 0 Å². The van der Waals surface area contributed by atoms with Crippen LogP contribution in [0.25, 0.3) is 10.8 Å². The van der Waals surface area contributed by atoms with Crippen molar-refractivity contribution < 1.29 is 9.85 Å². The smallest absolute Gasteiger partial charge is 0.258 e. The molecule has 0 N–H and O–H groups in total. The monoisotopic (exact) mass is 217 g/mol. The van der Waals surface area contributed by atoms with Crippen molar-refractivity contribution in [3.05, 3.63) is 56.6 Å². The highest BCUT2D eigenvalue weighted by atomic mass is 16.6. The fraction of sp³-hybridized carbons (Fsp3) is 0. The molecule has 0 aliphatic rings. The van der Waals surface area contributed by atoms with Crippen molar-refractivity contribution >= 4 is 22.1 Å². The first-order valence-corrected chi connectivity index (χ1v) is 4.33. The van der Waals surface area contributed by atoms with Gasteiger partial charge in [0.2, 0.25) is 0 Å². The van der Waals surface area contributed by atoms with E-state index in [-0.39, 0.29) is 16.8 Å². The Morgan fingerprint density at radius 3 is 2.38 bits per heavy atom.